The van der Waals surface area contributed by atoms with E-state index in [-0.39, 0.29) is 6.54 Å². The van der Waals surface area contributed by atoms with E-state index >= 15 is 0 Å². The fourth-order valence-electron chi connectivity index (χ4n) is 2.60. The number of rotatable bonds is 13. The van der Waals surface area contributed by atoms with Crippen LogP contribution < -0.4 is 20.1 Å². The van der Waals surface area contributed by atoms with E-state index in [9.17, 15) is 5.11 Å². The summed E-state index contributed by atoms with van der Waals surface area (Å²) in [4.78, 5) is 6.74. The van der Waals surface area contributed by atoms with Crippen molar-refractivity contribution in [3.8, 4) is 11.5 Å². The van der Waals surface area contributed by atoms with Gasteiger partial charge in [-0.3, -0.25) is 4.99 Å². The summed E-state index contributed by atoms with van der Waals surface area (Å²) in [5, 5.41) is 17.0. The van der Waals surface area contributed by atoms with Crippen LogP contribution in [0.2, 0.25) is 0 Å². The lowest BCUT2D eigenvalue weighted by atomic mass is 10.1. The molecule has 0 fully saturated rings. The molecule has 0 radical (unpaired) electrons. The van der Waals surface area contributed by atoms with E-state index in [1.54, 1.807) is 39.5 Å². The minimum absolute atomic E-state index is 0.231. The largest absolute Gasteiger partial charge is 0.497 e. The lowest BCUT2D eigenvalue weighted by Gasteiger charge is -2.18. The van der Waals surface area contributed by atoms with Gasteiger partial charge in [-0.25, -0.2) is 0 Å². The van der Waals surface area contributed by atoms with Gasteiger partial charge in [-0.05, 0) is 38.1 Å². The van der Waals surface area contributed by atoms with Crippen LogP contribution in [0.3, 0.4) is 0 Å². The molecular formula is C20H36N4O4. The first-order valence-corrected chi connectivity index (χ1v) is 9.64. The summed E-state index contributed by atoms with van der Waals surface area (Å²) in [6, 6.07) is 5.35. The third-order valence-electron chi connectivity index (χ3n) is 4.20. The van der Waals surface area contributed by atoms with Gasteiger partial charge >= 0.3 is 0 Å². The van der Waals surface area contributed by atoms with E-state index in [1.165, 1.54) is 0 Å². The third kappa shape index (κ3) is 9.25. The molecule has 8 nitrogen and oxygen atoms in total. The molecule has 1 aromatic carbocycles. The van der Waals surface area contributed by atoms with Gasteiger partial charge in [0.15, 0.2) is 5.96 Å². The fourth-order valence-corrected chi connectivity index (χ4v) is 2.60. The van der Waals surface area contributed by atoms with Gasteiger partial charge in [-0.15, -0.1) is 0 Å². The smallest absolute Gasteiger partial charge is 0.191 e. The maximum Gasteiger partial charge on any atom is 0.191 e. The lowest BCUT2D eigenvalue weighted by molar-refractivity contribution is 0.180. The molecule has 1 rings (SSSR count). The number of benzene rings is 1. The number of methoxy groups -OCH3 is 3. The SMILES string of the molecule is CCNC(=NCC(O)c1cc(OC)cc(OC)c1)NCCN(C)CCCOC. The number of aliphatic hydroxyl groups excluding tert-OH is 1. The summed E-state index contributed by atoms with van der Waals surface area (Å²) in [7, 11) is 6.98. The van der Waals surface area contributed by atoms with Crippen LogP contribution in [0.1, 0.15) is 25.0 Å². The minimum Gasteiger partial charge on any atom is -0.497 e. The van der Waals surface area contributed by atoms with Crippen molar-refractivity contribution in [2.24, 2.45) is 4.99 Å². The average Bonchev–Trinajstić information content (AvgIpc) is 2.71. The Morgan fingerprint density at radius 1 is 1.11 bits per heavy atom. The Bertz CT molecular complexity index is 561. The molecule has 1 aromatic rings. The Kier molecular flexibility index (Phi) is 12.0. The molecule has 8 heteroatoms. The van der Waals surface area contributed by atoms with Crippen LogP contribution in [0.25, 0.3) is 0 Å². The van der Waals surface area contributed by atoms with Crippen LogP contribution in [0.5, 0.6) is 11.5 Å². The molecule has 0 amide bonds. The van der Waals surface area contributed by atoms with Crippen LogP contribution in [-0.4, -0.2) is 83.7 Å². The Balaban J connectivity index is 2.58. The highest BCUT2D eigenvalue weighted by Gasteiger charge is 2.11. The van der Waals surface area contributed by atoms with E-state index < -0.39 is 6.10 Å². The number of nitrogens with zero attached hydrogens (tertiary/aromatic N) is 2. The molecular weight excluding hydrogens is 360 g/mol. The van der Waals surface area contributed by atoms with E-state index in [0.29, 0.717) is 23.0 Å². The molecule has 0 aliphatic carbocycles. The Morgan fingerprint density at radius 3 is 2.36 bits per heavy atom. The summed E-state index contributed by atoms with van der Waals surface area (Å²) in [5.74, 6) is 1.96. The van der Waals surface area contributed by atoms with Crippen molar-refractivity contribution >= 4 is 5.96 Å². The molecule has 28 heavy (non-hydrogen) atoms. The maximum atomic E-state index is 10.5. The van der Waals surface area contributed by atoms with Crippen molar-refractivity contribution in [3.05, 3.63) is 23.8 Å². The highest BCUT2D eigenvalue weighted by Crippen LogP contribution is 2.26. The standard InChI is InChI=1S/C20H36N4O4/c1-6-21-20(22-8-10-24(2)9-7-11-26-3)23-15-19(25)16-12-17(27-4)14-18(13-16)28-5/h12-14,19,25H,6-11,15H2,1-5H3,(H2,21,22,23). The number of hydrogen-bond acceptors (Lipinski definition) is 6. The zero-order valence-electron chi connectivity index (χ0n) is 17.8. The second-order valence-corrected chi connectivity index (χ2v) is 6.46. The number of guanidine groups is 1. The number of nitrogens with one attached hydrogen (secondary N) is 2. The summed E-state index contributed by atoms with van der Waals surface area (Å²) >= 11 is 0. The molecule has 0 spiro atoms. The van der Waals surface area contributed by atoms with Crippen LogP contribution in [-0.2, 0) is 4.74 Å². The van der Waals surface area contributed by atoms with Crippen molar-refractivity contribution in [2.75, 3.05) is 67.7 Å². The molecule has 160 valence electrons. The summed E-state index contributed by atoms with van der Waals surface area (Å²) < 4.78 is 15.6. The van der Waals surface area contributed by atoms with Crippen molar-refractivity contribution in [1.29, 1.82) is 0 Å². The third-order valence-corrected chi connectivity index (χ3v) is 4.20. The molecule has 0 aliphatic rings. The molecule has 1 atom stereocenters. The van der Waals surface area contributed by atoms with E-state index in [4.69, 9.17) is 14.2 Å². The fraction of sp³-hybridized carbons (Fsp3) is 0.650. The minimum atomic E-state index is -0.754. The van der Waals surface area contributed by atoms with Crippen LogP contribution in [0, 0.1) is 0 Å². The van der Waals surface area contributed by atoms with Gasteiger partial charge in [0.25, 0.3) is 0 Å². The second-order valence-electron chi connectivity index (χ2n) is 6.46. The van der Waals surface area contributed by atoms with Gasteiger partial charge in [-0.2, -0.15) is 0 Å². The average molecular weight is 397 g/mol. The summed E-state index contributed by atoms with van der Waals surface area (Å²) in [6.45, 7) is 6.40. The molecule has 0 heterocycles. The lowest BCUT2D eigenvalue weighted by Crippen LogP contribution is -2.41. The summed E-state index contributed by atoms with van der Waals surface area (Å²) in [5.41, 5.74) is 0.702. The number of likely N-dealkylation sites (N-methyl/N-ethyl adjacent to an activating group) is 1. The van der Waals surface area contributed by atoms with Gasteiger partial charge in [0, 0.05) is 46.0 Å². The van der Waals surface area contributed by atoms with Gasteiger partial charge in [0.2, 0.25) is 0 Å². The van der Waals surface area contributed by atoms with Gasteiger partial charge < -0.3 is 34.9 Å². The Morgan fingerprint density at radius 2 is 1.79 bits per heavy atom. The van der Waals surface area contributed by atoms with E-state index in [1.807, 2.05) is 6.92 Å². The molecule has 1 unspecified atom stereocenters. The summed E-state index contributed by atoms with van der Waals surface area (Å²) in [6.07, 6.45) is 0.258. The predicted octanol–water partition coefficient (Wildman–Crippen LogP) is 1.26. The molecule has 0 saturated heterocycles. The monoisotopic (exact) mass is 396 g/mol. The zero-order valence-corrected chi connectivity index (χ0v) is 17.8. The van der Waals surface area contributed by atoms with Crippen molar-refractivity contribution in [2.45, 2.75) is 19.4 Å². The van der Waals surface area contributed by atoms with Crippen molar-refractivity contribution < 1.29 is 19.3 Å². The molecule has 3 N–H and O–H groups in total. The molecule has 0 bridgehead atoms. The highest BCUT2D eigenvalue weighted by atomic mass is 16.5. The van der Waals surface area contributed by atoms with Crippen LogP contribution in [0.4, 0.5) is 0 Å². The topological polar surface area (TPSA) is 87.6 Å². The van der Waals surface area contributed by atoms with E-state index in [2.05, 4.69) is 27.6 Å². The van der Waals surface area contributed by atoms with Crippen molar-refractivity contribution in [3.63, 3.8) is 0 Å². The van der Waals surface area contributed by atoms with Gasteiger partial charge in [0.1, 0.15) is 11.5 Å². The first kappa shape index (κ1) is 24.0. The Labute approximate surface area is 168 Å². The number of hydrogen-bond donors (Lipinski definition) is 3. The van der Waals surface area contributed by atoms with Gasteiger partial charge in [0.05, 0.1) is 26.9 Å². The second kappa shape index (κ2) is 14.0. The molecule has 0 aromatic heterocycles. The van der Waals surface area contributed by atoms with Crippen LogP contribution >= 0.6 is 0 Å². The molecule has 0 aliphatic heterocycles. The Hall–Kier alpha value is -2.03. The highest BCUT2D eigenvalue weighted by molar-refractivity contribution is 5.79. The number of ether oxygens (including phenoxy) is 3. The number of aliphatic hydroxyl groups is 1. The van der Waals surface area contributed by atoms with E-state index in [0.717, 1.165) is 39.2 Å². The van der Waals surface area contributed by atoms with Crippen molar-refractivity contribution in [1.82, 2.24) is 15.5 Å². The first-order chi connectivity index (χ1) is 13.5. The molecule has 0 saturated carbocycles. The predicted molar refractivity (Wildman–Crippen MR) is 112 cm³/mol. The first-order valence-electron chi connectivity index (χ1n) is 9.64. The van der Waals surface area contributed by atoms with Crippen LogP contribution in [0.15, 0.2) is 23.2 Å². The number of aliphatic imine (C=N–C) groups is 1. The quantitative estimate of drug-likeness (QED) is 0.263. The normalized spacial score (nSPS) is 12.8. The zero-order chi connectivity index (χ0) is 20.8. The van der Waals surface area contributed by atoms with Gasteiger partial charge in [-0.1, -0.05) is 0 Å². The maximum absolute atomic E-state index is 10.5.